The van der Waals surface area contributed by atoms with Gasteiger partial charge in [-0.1, -0.05) is 18.1 Å². The smallest absolute Gasteiger partial charge is 0.377 e. The molecule has 1 aromatic rings. The quantitative estimate of drug-likeness (QED) is 0.342. The number of hydrogen-bond acceptors (Lipinski definition) is 6. The molecule has 1 aromatic carbocycles. The maximum atomic E-state index is 11.8. The normalized spacial score (nSPS) is 10.2. The predicted octanol–water partition coefficient (Wildman–Crippen LogP) is 1.52. The number of para-hydroxylation sites is 1. The molecule has 0 amide bonds. The molecule has 0 bridgehead atoms. The number of rotatable bonds is 6. The second kappa shape index (κ2) is 8.27. The fourth-order valence-corrected chi connectivity index (χ4v) is 1.35. The molecule has 0 aromatic heterocycles. The number of ether oxygens (including phenoxy) is 4. The molecule has 0 saturated heterocycles. The molecule has 6 heteroatoms. The second-order valence-corrected chi connectivity index (χ2v) is 3.59. The molecule has 0 saturated carbocycles. The van der Waals surface area contributed by atoms with E-state index in [4.69, 9.17) is 20.6 Å². The van der Waals surface area contributed by atoms with Gasteiger partial charge in [0.1, 0.15) is 17.6 Å². The minimum atomic E-state index is -0.747. The summed E-state index contributed by atoms with van der Waals surface area (Å²) in [6, 6.07) is 6.24. The standard InChI is InChI=1S/C15H14O6/c1-4-9-20-14(16)11-7-5-6-8-12(11)21-13(10-18-2)15(17)19-3/h1,5-8,10H,9H2,2-3H3. The van der Waals surface area contributed by atoms with Gasteiger partial charge in [-0.2, -0.15) is 0 Å². The van der Waals surface area contributed by atoms with Crippen LogP contribution in [0.2, 0.25) is 0 Å². The SMILES string of the molecule is C#CCOC(=O)c1ccccc1OC(=COC)C(=O)OC. The molecular weight excluding hydrogens is 276 g/mol. The molecule has 6 nitrogen and oxygen atoms in total. The predicted molar refractivity (Wildman–Crippen MR) is 73.3 cm³/mol. The van der Waals surface area contributed by atoms with Crippen molar-refractivity contribution in [3.63, 3.8) is 0 Å². The van der Waals surface area contributed by atoms with Crippen molar-refractivity contribution in [1.29, 1.82) is 0 Å². The molecule has 1 rings (SSSR count). The molecule has 0 N–H and O–H groups in total. The summed E-state index contributed by atoms with van der Waals surface area (Å²) in [5, 5.41) is 0. The van der Waals surface area contributed by atoms with Gasteiger partial charge in [0.05, 0.1) is 14.2 Å². The third-order valence-electron chi connectivity index (χ3n) is 2.22. The molecule has 0 aliphatic rings. The number of esters is 2. The Hall–Kier alpha value is -2.94. The third kappa shape index (κ3) is 4.58. The lowest BCUT2D eigenvalue weighted by Crippen LogP contribution is -2.14. The highest BCUT2D eigenvalue weighted by Gasteiger charge is 2.18. The van der Waals surface area contributed by atoms with Crippen LogP contribution in [0.1, 0.15) is 10.4 Å². The van der Waals surface area contributed by atoms with E-state index in [0.29, 0.717) is 0 Å². The molecule has 0 spiro atoms. The fourth-order valence-electron chi connectivity index (χ4n) is 1.35. The van der Waals surface area contributed by atoms with E-state index >= 15 is 0 Å². The van der Waals surface area contributed by atoms with Gasteiger partial charge in [0.25, 0.3) is 0 Å². The Bertz CT molecular complexity index is 582. The van der Waals surface area contributed by atoms with Crippen LogP contribution in [0, 0.1) is 12.3 Å². The van der Waals surface area contributed by atoms with Crippen LogP contribution in [0.25, 0.3) is 0 Å². The van der Waals surface area contributed by atoms with Crippen molar-refractivity contribution in [3.05, 3.63) is 41.9 Å². The van der Waals surface area contributed by atoms with Crippen LogP contribution in [-0.2, 0) is 19.0 Å². The summed E-state index contributed by atoms with van der Waals surface area (Å²) in [6.07, 6.45) is 6.09. The van der Waals surface area contributed by atoms with Crippen LogP contribution in [0.15, 0.2) is 36.3 Å². The van der Waals surface area contributed by atoms with Crippen LogP contribution >= 0.6 is 0 Å². The Balaban J connectivity index is 3.03. The largest absolute Gasteiger partial charge is 0.500 e. The molecule has 110 valence electrons. The lowest BCUT2D eigenvalue weighted by atomic mass is 10.2. The van der Waals surface area contributed by atoms with Gasteiger partial charge in [-0.25, -0.2) is 9.59 Å². The fraction of sp³-hybridized carbons (Fsp3) is 0.200. The first-order chi connectivity index (χ1) is 10.1. The first-order valence-electron chi connectivity index (χ1n) is 5.82. The van der Waals surface area contributed by atoms with Crippen LogP contribution < -0.4 is 4.74 Å². The van der Waals surface area contributed by atoms with Gasteiger partial charge in [-0.15, -0.1) is 6.42 Å². The van der Waals surface area contributed by atoms with E-state index in [9.17, 15) is 9.59 Å². The van der Waals surface area contributed by atoms with Crippen LogP contribution in [0.3, 0.4) is 0 Å². The topological polar surface area (TPSA) is 71.1 Å². The molecule has 0 radical (unpaired) electrons. The zero-order valence-corrected chi connectivity index (χ0v) is 11.6. The van der Waals surface area contributed by atoms with Crippen LogP contribution in [0.5, 0.6) is 5.75 Å². The number of terminal acetylenes is 1. The maximum Gasteiger partial charge on any atom is 0.377 e. The lowest BCUT2D eigenvalue weighted by molar-refractivity contribution is -0.138. The monoisotopic (exact) mass is 290 g/mol. The highest BCUT2D eigenvalue weighted by molar-refractivity contribution is 5.93. The van der Waals surface area contributed by atoms with Gasteiger partial charge < -0.3 is 18.9 Å². The van der Waals surface area contributed by atoms with E-state index in [-0.39, 0.29) is 23.7 Å². The van der Waals surface area contributed by atoms with E-state index in [1.165, 1.54) is 26.4 Å². The van der Waals surface area contributed by atoms with Gasteiger partial charge >= 0.3 is 11.9 Å². The molecule has 0 unspecified atom stereocenters. The lowest BCUT2D eigenvalue weighted by Gasteiger charge is -2.11. The van der Waals surface area contributed by atoms with Gasteiger partial charge in [0, 0.05) is 0 Å². The minimum Gasteiger partial charge on any atom is -0.500 e. The first kappa shape index (κ1) is 16.1. The van der Waals surface area contributed by atoms with Crippen molar-refractivity contribution in [2.24, 2.45) is 0 Å². The van der Waals surface area contributed by atoms with Crippen molar-refractivity contribution < 1.29 is 28.5 Å². The van der Waals surface area contributed by atoms with Gasteiger partial charge in [-0.3, -0.25) is 0 Å². The van der Waals surface area contributed by atoms with Gasteiger partial charge in [0.2, 0.25) is 5.76 Å². The van der Waals surface area contributed by atoms with Crippen molar-refractivity contribution in [3.8, 4) is 18.1 Å². The Kier molecular flexibility index (Phi) is 6.35. The molecule has 0 aliphatic carbocycles. The molecule has 0 heterocycles. The number of hydrogen-bond donors (Lipinski definition) is 0. The molecule has 21 heavy (non-hydrogen) atoms. The summed E-state index contributed by atoms with van der Waals surface area (Å²) in [4.78, 5) is 23.4. The van der Waals surface area contributed by atoms with E-state index in [1.54, 1.807) is 12.1 Å². The molecule has 0 fully saturated rings. The summed E-state index contributed by atoms with van der Waals surface area (Å²) < 4.78 is 19.5. The Labute approximate surface area is 122 Å². The Morgan fingerprint density at radius 2 is 2.00 bits per heavy atom. The van der Waals surface area contributed by atoms with Crippen molar-refractivity contribution in [2.75, 3.05) is 20.8 Å². The number of carbonyl (C=O) groups excluding carboxylic acids is 2. The highest BCUT2D eigenvalue weighted by atomic mass is 16.6. The van der Waals surface area contributed by atoms with Gasteiger partial charge in [-0.05, 0) is 12.1 Å². The van der Waals surface area contributed by atoms with Gasteiger partial charge in [0.15, 0.2) is 6.61 Å². The van der Waals surface area contributed by atoms with E-state index in [0.717, 1.165) is 6.26 Å². The average molecular weight is 290 g/mol. The van der Waals surface area contributed by atoms with E-state index in [2.05, 4.69) is 10.7 Å². The van der Waals surface area contributed by atoms with E-state index < -0.39 is 11.9 Å². The summed E-state index contributed by atoms with van der Waals surface area (Å²) in [6.45, 7) is -0.162. The third-order valence-corrected chi connectivity index (χ3v) is 2.22. The Morgan fingerprint density at radius 3 is 2.62 bits per heavy atom. The zero-order valence-electron chi connectivity index (χ0n) is 11.6. The molecular formula is C15H14O6. The second-order valence-electron chi connectivity index (χ2n) is 3.59. The van der Waals surface area contributed by atoms with Crippen molar-refractivity contribution in [2.45, 2.75) is 0 Å². The minimum absolute atomic E-state index is 0.119. The number of carbonyl (C=O) groups is 2. The molecule has 0 atom stereocenters. The summed E-state index contributed by atoms with van der Waals surface area (Å²) in [7, 11) is 2.54. The van der Waals surface area contributed by atoms with Crippen molar-refractivity contribution in [1.82, 2.24) is 0 Å². The summed E-state index contributed by atoms with van der Waals surface area (Å²) in [5.41, 5.74) is 0.124. The maximum absolute atomic E-state index is 11.8. The zero-order chi connectivity index (χ0) is 15.7. The number of benzene rings is 1. The van der Waals surface area contributed by atoms with Crippen LogP contribution in [-0.4, -0.2) is 32.8 Å². The van der Waals surface area contributed by atoms with E-state index in [1.807, 2.05) is 0 Å². The average Bonchev–Trinajstić information content (AvgIpc) is 2.51. The summed E-state index contributed by atoms with van der Waals surface area (Å²) >= 11 is 0. The first-order valence-corrected chi connectivity index (χ1v) is 5.82. The molecule has 0 aliphatic heterocycles. The Morgan fingerprint density at radius 1 is 1.29 bits per heavy atom. The van der Waals surface area contributed by atoms with Crippen LogP contribution in [0.4, 0.5) is 0 Å². The van der Waals surface area contributed by atoms with Crippen molar-refractivity contribution >= 4 is 11.9 Å². The highest BCUT2D eigenvalue weighted by Crippen LogP contribution is 2.21. The summed E-state index contributed by atoms with van der Waals surface area (Å²) in [5.74, 6) is 0.686. The number of methoxy groups -OCH3 is 2.